The molecule has 0 saturated heterocycles. The van der Waals surface area contributed by atoms with Crippen LogP contribution in [0.4, 0.5) is 15.9 Å². The summed E-state index contributed by atoms with van der Waals surface area (Å²) in [4.78, 5) is 11.4. The zero-order valence-corrected chi connectivity index (χ0v) is 18.6. The van der Waals surface area contributed by atoms with E-state index in [0.717, 1.165) is 36.3 Å². The SMILES string of the molecule is Cc1nc2c(c(Nc3ccc(C#N)cc3F)n1)CCN(CCc1nnc(-c3ccccc3)o1)C2. The van der Waals surface area contributed by atoms with Crippen LogP contribution in [0.25, 0.3) is 11.5 Å². The highest BCUT2D eigenvalue weighted by molar-refractivity contribution is 5.62. The first kappa shape index (κ1) is 21.7. The predicted molar refractivity (Wildman–Crippen MR) is 124 cm³/mol. The van der Waals surface area contributed by atoms with Crippen LogP contribution in [-0.2, 0) is 19.4 Å². The number of hydrogen-bond acceptors (Lipinski definition) is 8. The minimum Gasteiger partial charge on any atom is -0.421 e. The molecule has 1 N–H and O–H groups in total. The molecule has 8 nitrogen and oxygen atoms in total. The molecule has 0 saturated carbocycles. The van der Waals surface area contributed by atoms with Crippen molar-refractivity contribution in [3.8, 4) is 17.5 Å². The van der Waals surface area contributed by atoms with Crippen LogP contribution in [0, 0.1) is 24.1 Å². The lowest BCUT2D eigenvalue weighted by Crippen LogP contribution is -2.33. The second-order valence-electron chi connectivity index (χ2n) is 8.12. The number of nitrogens with one attached hydrogen (secondary N) is 1. The Morgan fingerprint density at radius 3 is 2.79 bits per heavy atom. The Morgan fingerprint density at radius 1 is 1.15 bits per heavy atom. The van der Waals surface area contributed by atoms with Gasteiger partial charge in [0, 0.05) is 37.2 Å². The van der Waals surface area contributed by atoms with E-state index in [1.54, 1.807) is 12.1 Å². The Bertz CT molecular complexity index is 1360. The summed E-state index contributed by atoms with van der Waals surface area (Å²) in [6.45, 7) is 4.04. The monoisotopic (exact) mass is 455 g/mol. The zero-order chi connectivity index (χ0) is 23.5. The van der Waals surface area contributed by atoms with Gasteiger partial charge in [0.25, 0.3) is 0 Å². The highest BCUT2D eigenvalue weighted by atomic mass is 19.1. The number of fused-ring (bicyclic) bond motifs is 1. The number of anilines is 2. The molecule has 1 aliphatic rings. The number of nitriles is 1. The number of aryl methyl sites for hydroxylation is 1. The van der Waals surface area contributed by atoms with Gasteiger partial charge in [-0.05, 0) is 43.7 Å². The molecule has 5 rings (SSSR count). The summed E-state index contributed by atoms with van der Waals surface area (Å²) in [5.41, 5.74) is 3.36. The van der Waals surface area contributed by atoms with Crippen LogP contribution in [0.2, 0.25) is 0 Å². The molecular weight excluding hydrogens is 433 g/mol. The molecule has 1 aliphatic heterocycles. The van der Waals surface area contributed by atoms with Gasteiger partial charge in [-0.15, -0.1) is 10.2 Å². The van der Waals surface area contributed by atoms with Crippen LogP contribution >= 0.6 is 0 Å². The van der Waals surface area contributed by atoms with E-state index in [4.69, 9.17) is 9.68 Å². The van der Waals surface area contributed by atoms with E-state index >= 15 is 0 Å². The Hall–Kier alpha value is -4.16. The normalized spacial score (nSPS) is 13.3. The van der Waals surface area contributed by atoms with Crippen molar-refractivity contribution in [1.29, 1.82) is 5.26 Å². The van der Waals surface area contributed by atoms with Gasteiger partial charge in [-0.1, -0.05) is 18.2 Å². The van der Waals surface area contributed by atoms with Gasteiger partial charge in [0.1, 0.15) is 17.5 Å². The molecule has 0 amide bonds. The van der Waals surface area contributed by atoms with Crippen molar-refractivity contribution >= 4 is 11.5 Å². The quantitative estimate of drug-likeness (QED) is 0.462. The third-order valence-corrected chi connectivity index (χ3v) is 5.74. The first-order valence-electron chi connectivity index (χ1n) is 11.0. The smallest absolute Gasteiger partial charge is 0.247 e. The number of aromatic nitrogens is 4. The summed E-state index contributed by atoms with van der Waals surface area (Å²) in [7, 11) is 0. The lowest BCUT2D eigenvalue weighted by Gasteiger charge is -2.29. The van der Waals surface area contributed by atoms with E-state index in [2.05, 4.69) is 30.4 Å². The molecule has 2 aromatic heterocycles. The first-order valence-corrected chi connectivity index (χ1v) is 11.0. The van der Waals surface area contributed by atoms with Gasteiger partial charge in [-0.3, -0.25) is 4.90 Å². The number of benzene rings is 2. The second kappa shape index (κ2) is 9.37. The van der Waals surface area contributed by atoms with Crippen LogP contribution in [0.1, 0.15) is 28.5 Å². The maximum absolute atomic E-state index is 14.4. The zero-order valence-electron chi connectivity index (χ0n) is 18.6. The standard InChI is InChI=1S/C25H22FN7O/c1-16-28-22-15-33(12-10-23-31-32-25(34-23)18-5-3-2-4-6-18)11-9-19(22)24(29-16)30-21-8-7-17(14-27)13-20(21)26/h2-8,13H,9-12,15H2,1H3,(H,28,29,30). The summed E-state index contributed by atoms with van der Waals surface area (Å²) >= 11 is 0. The van der Waals surface area contributed by atoms with Gasteiger partial charge in [0.05, 0.1) is 23.0 Å². The summed E-state index contributed by atoms with van der Waals surface area (Å²) in [6, 6.07) is 16.0. The van der Waals surface area contributed by atoms with Crippen molar-refractivity contribution in [1.82, 2.24) is 25.1 Å². The summed E-state index contributed by atoms with van der Waals surface area (Å²) in [5.74, 6) is 1.85. The largest absolute Gasteiger partial charge is 0.421 e. The maximum Gasteiger partial charge on any atom is 0.247 e. The van der Waals surface area contributed by atoms with E-state index < -0.39 is 5.82 Å². The number of rotatable bonds is 6. The van der Waals surface area contributed by atoms with Crippen molar-refractivity contribution in [3.05, 3.63) is 82.9 Å². The molecule has 0 spiro atoms. The first-order chi connectivity index (χ1) is 16.6. The van der Waals surface area contributed by atoms with Gasteiger partial charge >= 0.3 is 0 Å². The molecular formula is C25H22FN7O. The van der Waals surface area contributed by atoms with Crippen molar-refractivity contribution in [3.63, 3.8) is 0 Å². The average molecular weight is 455 g/mol. The molecule has 2 aromatic carbocycles. The van der Waals surface area contributed by atoms with E-state index in [9.17, 15) is 4.39 Å². The Balaban J connectivity index is 1.27. The lowest BCUT2D eigenvalue weighted by atomic mass is 10.0. The highest BCUT2D eigenvalue weighted by Gasteiger charge is 2.23. The second-order valence-corrected chi connectivity index (χ2v) is 8.12. The minimum absolute atomic E-state index is 0.275. The average Bonchev–Trinajstić information content (AvgIpc) is 3.33. The van der Waals surface area contributed by atoms with Crippen LogP contribution < -0.4 is 5.32 Å². The number of halogens is 1. The predicted octanol–water partition coefficient (Wildman–Crippen LogP) is 4.19. The van der Waals surface area contributed by atoms with Crippen molar-refractivity contribution in [2.45, 2.75) is 26.3 Å². The molecule has 0 unspecified atom stereocenters. The van der Waals surface area contributed by atoms with Crippen LogP contribution in [0.15, 0.2) is 52.9 Å². The molecule has 0 radical (unpaired) electrons. The van der Waals surface area contributed by atoms with Gasteiger partial charge in [0.15, 0.2) is 0 Å². The third-order valence-electron chi connectivity index (χ3n) is 5.74. The maximum atomic E-state index is 14.4. The molecule has 4 aromatic rings. The number of hydrogen-bond donors (Lipinski definition) is 1. The molecule has 0 bridgehead atoms. The topological polar surface area (TPSA) is 104 Å². The van der Waals surface area contributed by atoms with Gasteiger partial charge in [-0.25, -0.2) is 14.4 Å². The summed E-state index contributed by atoms with van der Waals surface area (Å²) in [6.07, 6.45) is 1.37. The van der Waals surface area contributed by atoms with Crippen LogP contribution in [-0.4, -0.2) is 38.2 Å². The fraction of sp³-hybridized carbons (Fsp3) is 0.240. The molecule has 0 aliphatic carbocycles. The lowest BCUT2D eigenvalue weighted by molar-refractivity contribution is 0.246. The molecule has 0 fully saturated rings. The van der Waals surface area contributed by atoms with E-state index in [1.165, 1.54) is 6.07 Å². The van der Waals surface area contributed by atoms with Crippen molar-refractivity contribution in [2.75, 3.05) is 18.4 Å². The third kappa shape index (κ3) is 4.63. The van der Waals surface area contributed by atoms with Crippen molar-refractivity contribution in [2.24, 2.45) is 0 Å². The van der Waals surface area contributed by atoms with E-state index in [0.29, 0.717) is 36.4 Å². The van der Waals surface area contributed by atoms with Gasteiger partial charge < -0.3 is 9.73 Å². The summed E-state index contributed by atoms with van der Waals surface area (Å²) < 4.78 is 20.2. The van der Waals surface area contributed by atoms with Crippen LogP contribution in [0.3, 0.4) is 0 Å². The van der Waals surface area contributed by atoms with Gasteiger partial charge in [-0.2, -0.15) is 5.26 Å². The van der Waals surface area contributed by atoms with Gasteiger partial charge in [0.2, 0.25) is 11.8 Å². The van der Waals surface area contributed by atoms with Crippen LogP contribution in [0.5, 0.6) is 0 Å². The fourth-order valence-corrected chi connectivity index (χ4v) is 4.02. The Kier molecular flexibility index (Phi) is 5.97. The fourth-order valence-electron chi connectivity index (χ4n) is 4.02. The Morgan fingerprint density at radius 2 is 2.00 bits per heavy atom. The molecule has 34 heavy (non-hydrogen) atoms. The Labute approximate surface area is 196 Å². The minimum atomic E-state index is -0.490. The molecule has 170 valence electrons. The highest BCUT2D eigenvalue weighted by Crippen LogP contribution is 2.28. The van der Waals surface area contributed by atoms with E-state index in [-0.39, 0.29) is 11.3 Å². The summed E-state index contributed by atoms with van der Waals surface area (Å²) in [5, 5.41) is 20.4. The molecule has 3 heterocycles. The van der Waals surface area contributed by atoms with Crippen molar-refractivity contribution < 1.29 is 8.81 Å². The molecule has 0 atom stereocenters. The van der Waals surface area contributed by atoms with E-state index in [1.807, 2.05) is 43.3 Å². The molecule has 9 heteroatoms. The number of nitrogens with zero attached hydrogens (tertiary/aromatic N) is 6.